The third-order valence-corrected chi connectivity index (χ3v) is 3.72. The zero-order valence-electron chi connectivity index (χ0n) is 10.2. The second-order valence-electron chi connectivity index (χ2n) is 4.08. The van der Waals surface area contributed by atoms with Crippen LogP contribution in [0.15, 0.2) is 36.4 Å². The van der Waals surface area contributed by atoms with Gasteiger partial charge in [0.1, 0.15) is 11.6 Å². The minimum atomic E-state index is -0.292. The number of thiazole rings is 1. The first-order valence-corrected chi connectivity index (χ1v) is 6.49. The van der Waals surface area contributed by atoms with Gasteiger partial charge in [-0.2, -0.15) is 0 Å². The molecule has 96 valence electrons. The van der Waals surface area contributed by atoms with E-state index in [0.717, 1.165) is 21.3 Å². The number of benzene rings is 2. The molecule has 2 N–H and O–H groups in total. The van der Waals surface area contributed by atoms with Crippen LogP contribution in [-0.2, 0) is 0 Å². The van der Waals surface area contributed by atoms with Gasteiger partial charge in [-0.25, -0.2) is 9.37 Å². The van der Waals surface area contributed by atoms with Crippen LogP contribution >= 0.6 is 11.3 Å². The van der Waals surface area contributed by atoms with Crippen LogP contribution in [0.25, 0.3) is 21.3 Å². The average Bonchev–Trinajstić information content (AvgIpc) is 2.77. The Labute approximate surface area is 113 Å². The second-order valence-corrected chi connectivity index (χ2v) is 5.14. The quantitative estimate of drug-likeness (QED) is 0.775. The number of halogens is 1. The van der Waals surface area contributed by atoms with Gasteiger partial charge in [-0.15, -0.1) is 0 Å². The zero-order valence-corrected chi connectivity index (χ0v) is 11.0. The fourth-order valence-electron chi connectivity index (χ4n) is 2.02. The normalized spacial score (nSPS) is 10.8. The maximum Gasteiger partial charge on any atom is 0.181 e. The van der Waals surface area contributed by atoms with E-state index in [1.807, 2.05) is 18.2 Å². The molecule has 0 atom stereocenters. The molecule has 0 spiro atoms. The van der Waals surface area contributed by atoms with Gasteiger partial charge in [0.15, 0.2) is 5.13 Å². The highest BCUT2D eigenvalue weighted by Crippen LogP contribution is 2.34. The highest BCUT2D eigenvalue weighted by molar-refractivity contribution is 7.22. The van der Waals surface area contributed by atoms with Crippen molar-refractivity contribution in [3.63, 3.8) is 0 Å². The molecule has 0 bridgehead atoms. The summed E-state index contributed by atoms with van der Waals surface area (Å²) in [5.41, 5.74) is 8.13. The van der Waals surface area contributed by atoms with E-state index in [1.165, 1.54) is 23.5 Å². The molecular formula is C14H11FN2OS. The summed E-state index contributed by atoms with van der Waals surface area (Å²) in [5.74, 6) is 0.345. The van der Waals surface area contributed by atoms with Crippen LogP contribution in [0.2, 0.25) is 0 Å². The largest absolute Gasteiger partial charge is 0.496 e. The van der Waals surface area contributed by atoms with Crippen molar-refractivity contribution in [3.8, 4) is 16.9 Å². The summed E-state index contributed by atoms with van der Waals surface area (Å²) in [6.45, 7) is 0. The molecular weight excluding hydrogens is 263 g/mol. The number of ether oxygens (including phenoxy) is 1. The summed E-state index contributed by atoms with van der Waals surface area (Å²) < 4.78 is 19.6. The van der Waals surface area contributed by atoms with Crippen LogP contribution in [-0.4, -0.2) is 12.1 Å². The summed E-state index contributed by atoms with van der Waals surface area (Å²) >= 11 is 1.41. The van der Waals surface area contributed by atoms with Gasteiger partial charge in [0.25, 0.3) is 0 Å². The first-order chi connectivity index (χ1) is 9.17. The molecule has 5 heteroatoms. The fourth-order valence-corrected chi connectivity index (χ4v) is 2.79. The van der Waals surface area contributed by atoms with Gasteiger partial charge in [-0.1, -0.05) is 17.4 Å². The van der Waals surface area contributed by atoms with Crippen molar-refractivity contribution in [2.45, 2.75) is 0 Å². The van der Waals surface area contributed by atoms with Gasteiger partial charge in [0, 0.05) is 5.56 Å². The Kier molecular flexibility index (Phi) is 2.83. The van der Waals surface area contributed by atoms with E-state index < -0.39 is 0 Å². The topological polar surface area (TPSA) is 48.1 Å². The number of fused-ring (bicyclic) bond motifs is 1. The maximum atomic E-state index is 13.4. The third kappa shape index (κ3) is 2.13. The molecule has 0 aliphatic carbocycles. The zero-order chi connectivity index (χ0) is 13.4. The Balaban J connectivity index is 2.20. The second kappa shape index (κ2) is 4.51. The number of methoxy groups -OCH3 is 1. The van der Waals surface area contributed by atoms with Crippen LogP contribution in [0.4, 0.5) is 9.52 Å². The lowest BCUT2D eigenvalue weighted by molar-refractivity contribution is 0.415. The number of anilines is 1. The molecule has 0 amide bonds. The monoisotopic (exact) mass is 274 g/mol. The lowest BCUT2D eigenvalue weighted by atomic mass is 10.0. The molecule has 0 radical (unpaired) electrons. The summed E-state index contributed by atoms with van der Waals surface area (Å²) in [6, 6.07) is 10.2. The molecule has 1 heterocycles. The van der Waals surface area contributed by atoms with E-state index in [9.17, 15) is 4.39 Å². The Bertz CT molecular complexity index is 754. The Morgan fingerprint density at radius 3 is 2.84 bits per heavy atom. The third-order valence-electron chi connectivity index (χ3n) is 2.88. The Hall–Kier alpha value is -2.14. The van der Waals surface area contributed by atoms with Crippen molar-refractivity contribution in [2.75, 3.05) is 12.8 Å². The Morgan fingerprint density at radius 1 is 1.21 bits per heavy atom. The minimum Gasteiger partial charge on any atom is -0.496 e. The van der Waals surface area contributed by atoms with Crippen molar-refractivity contribution >= 4 is 26.7 Å². The summed E-state index contributed by atoms with van der Waals surface area (Å²) in [6.07, 6.45) is 0. The van der Waals surface area contributed by atoms with Crippen molar-refractivity contribution in [3.05, 3.63) is 42.2 Å². The van der Waals surface area contributed by atoms with Crippen LogP contribution in [0, 0.1) is 5.82 Å². The average molecular weight is 274 g/mol. The number of aromatic nitrogens is 1. The predicted molar refractivity (Wildman–Crippen MR) is 76.0 cm³/mol. The van der Waals surface area contributed by atoms with Gasteiger partial charge >= 0.3 is 0 Å². The number of nitrogen functional groups attached to an aromatic ring is 1. The van der Waals surface area contributed by atoms with Crippen molar-refractivity contribution in [1.82, 2.24) is 4.98 Å². The number of hydrogen-bond donors (Lipinski definition) is 1. The number of nitrogens with two attached hydrogens (primary N) is 1. The first kappa shape index (κ1) is 11.9. The van der Waals surface area contributed by atoms with Gasteiger partial charge in [-0.05, 0) is 35.9 Å². The van der Waals surface area contributed by atoms with Crippen LogP contribution in [0.1, 0.15) is 0 Å². The molecule has 1 aromatic heterocycles. The summed E-state index contributed by atoms with van der Waals surface area (Å²) in [5, 5.41) is 0.526. The molecule has 0 aliphatic rings. The van der Waals surface area contributed by atoms with Crippen LogP contribution < -0.4 is 10.5 Å². The number of hydrogen-bond acceptors (Lipinski definition) is 4. The van der Waals surface area contributed by atoms with Gasteiger partial charge < -0.3 is 10.5 Å². The highest BCUT2D eigenvalue weighted by atomic mass is 32.1. The molecule has 0 saturated heterocycles. The van der Waals surface area contributed by atoms with E-state index in [0.29, 0.717) is 10.9 Å². The highest BCUT2D eigenvalue weighted by Gasteiger charge is 2.09. The van der Waals surface area contributed by atoms with Crippen molar-refractivity contribution in [1.29, 1.82) is 0 Å². The predicted octanol–water partition coefficient (Wildman–Crippen LogP) is 3.69. The lowest BCUT2D eigenvalue weighted by Crippen LogP contribution is -1.89. The van der Waals surface area contributed by atoms with Crippen molar-refractivity contribution < 1.29 is 9.13 Å². The van der Waals surface area contributed by atoms with E-state index >= 15 is 0 Å². The molecule has 0 aliphatic heterocycles. The van der Waals surface area contributed by atoms with Gasteiger partial charge in [-0.3, -0.25) is 0 Å². The smallest absolute Gasteiger partial charge is 0.181 e. The summed E-state index contributed by atoms with van der Waals surface area (Å²) in [7, 11) is 1.57. The maximum absolute atomic E-state index is 13.4. The molecule has 19 heavy (non-hydrogen) atoms. The number of nitrogens with zero attached hydrogens (tertiary/aromatic N) is 1. The number of rotatable bonds is 2. The Morgan fingerprint density at radius 2 is 2.05 bits per heavy atom. The van der Waals surface area contributed by atoms with Gasteiger partial charge in [0.05, 0.1) is 17.3 Å². The van der Waals surface area contributed by atoms with Crippen LogP contribution in [0.3, 0.4) is 0 Å². The van der Waals surface area contributed by atoms with Crippen LogP contribution in [0.5, 0.6) is 5.75 Å². The van der Waals surface area contributed by atoms with Crippen molar-refractivity contribution in [2.24, 2.45) is 0 Å². The molecule has 3 nitrogen and oxygen atoms in total. The molecule has 2 aromatic carbocycles. The standard InChI is InChI=1S/C14H11FN2OS/c1-18-12-5-3-9(15)7-10(12)8-2-4-11-13(6-8)19-14(16)17-11/h2-7H,1H3,(H2,16,17). The van der Waals surface area contributed by atoms with E-state index in [-0.39, 0.29) is 5.82 Å². The lowest BCUT2D eigenvalue weighted by Gasteiger charge is -2.08. The fraction of sp³-hybridized carbons (Fsp3) is 0.0714. The molecule has 0 saturated carbocycles. The molecule has 3 rings (SSSR count). The van der Waals surface area contributed by atoms with E-state index in [2.05, 4.69) is 4.98 Å². The molecule has 3 aromatic rings. The van der Waals surface area contributed by atoms with E-state index in [1.54, 1.807) is 13.2 Å². The molecule has 0 unspecified atom stereocenters. The van der Waals surface area contributed by atoms with E-state index in [4.69, 9.17) is 10.5 Å². The first-order valence-electron chi connectivity index (χ1n) is 5.67. The van der Waals surface area contributed by atoms with Gasteiger partial charge in [0.2, 0.25) is 0 Å². The summed E-state index contributed by atoms with van der Waals surface area (Å²) in [4.78, 5) is 4.20. The SMILES string of the molecule is COc1ccc(F)cc1-c1ccc2nc(N)sc2c1. The molecule has 0 fully saturated rings. The minimum absolute atomic E-state index is 0.292.